The molecule has 0 fully saturated rings. The number of para-hydroxylation sites is 1. The normalized spacial score (nSPS) is 11.2. The van der Waals surface area contributed by atoms with Crippen LogP contribution in [0.4, 0.5) is 0 Å². The van der Waals surface area contributed by atoms with Gasteiger partial charge in [0.15, 0.2) is 0 Å². The van der Waals surface area contributed by atoms with Crippen LogP contribution in [0.1, 0.15) is 5.56 Å². The molecule has 0 spiro atoms. The molecule has 106 valence electrons. The molecule has 2 aromatic carbocycles. The zero-order valence-corrected chi connectivity index (χ0v) is 11.8. The van der Waals surface area contributed by atoms with E-state index in [-0.39, 0.29) is 12.4 Å². The molecular formula is C15H17NO3S. The summed E-state index contributed by atoms with van der Waals surface area (Å²) in [5, 5.41) is 0. The quantitative estimate of drug-likeness (QED) is 0.850. The monoisotopic (exact) mass is 291 g/mol. The highest BCUT2D eigenvalue weighted by atomic mass is 32.2. The van der Waals surface area contributed by atoms with Crippen molar-refractivity contribution in [2.75, 3.05) is 12.4 Å². The van der Waals surface area contributed by atoms with Gasteiger partial charge in [-0.05, 0) is 17.7 Å². The van der Waals surface area contributed by atoms with Crippen LogP contribution < -0.4 is 9.46 Å². The molecule has 0 atom stereocenters. The smallest absolute Gasteiger partial charge is 0.215 e. The van der Waals surface area contributed by atoms with Gasteiger partial charge in [0.1, 0.15) is 12.4 Å². The van der Waals surface area contributed by atoms with Crippen molar-refractivity contribution in [2.45, 2.75) is 6.54 Å². The second-order valence-corrected chi connectivity index (χ2v) is 6.21. The summed E-state index contributed by atoms with van der Waals surface area (Å²) < 4.78 is 31.5. The highest BCUT2D eigenvalue weighted by molar-refractivity contribution is 7.89. The summed E-state index contributed by atoms with van der Waals surface area (Å²) in [6.45, 7) is 0.433. The molecule has 0 aliphatic carbocycles. The Hall–Kier alpha value is -1.85. The molecule has 0 heterocycles. The Bertz CT molecular complexity index is 612. The molecule has 2 aromatic rings. The number of ether oxygens (including phenoxy) is 1. The molecular weight excluding hydrogens is 274 g/mol. The van der Waals surface area contributed by atoms with Crippen molar-refractivity contribution >= 4 is 10.0 Å². The summed E-state index contributed by atoms with van der Waals surface area (Å²) in [6.07, 6.45) is 0. The van der Waals surface area contributed by atoms with E-state index in [1.54, 1.807) is 12.1 Å². The average molecular weight is 291 g/mol. The van der Waals surface area contributed by atoms with Crippen molar-refractivity contribution in [2.24, 2.45) is 0 Å². The second kappa shape index (κ2) is 7.07. The molecule has 0 aromatic heterocycles. The van der Waals surface area contributed by atoms with Gasteiger partial charge in [-0.15, -0.1) is 0 Å². The van der Waals surface area contributed by atoms with E-state index in [2.05, 4.69) is 4.72 Å². The van der Waals surface area contributed by atoms with Crippen molar-refractivity contribution in [3.8, 4) is 5.75 Å². The maximum atomic E-state index is 11.8. The number of hydrogen-bond acceptors (Lipinski definition) is 3. The van der Waals surface area contributed by atoms with E-state index in [4.69, 9.17) is 4.74 Å². The summed E-state index contributed by atoms with van der Waals surface area (Å²) in [5.74, 6) is 0.611. The van der Waals surface area contributed by atoms with Gasteiger partial charge < -0.3 is 4.74 Å². The average Bonchev–Trinajstić information content (AvgIpc) is 2.47. The van der Waals surface area contributed by atoms with Crippen LogP contribution in [0.25, 0.3) is 0 Å². The molecule has 0 saturated carbocycles. The molecule has 1 N–H and O–H groups in total. The molecule has 0 aliphatic heterocycles. The molecule has 0 radical (unpaired) electrons. The SMILES string of the molecule is O=S(=O)(CCOc1ccccc1)NCc1ccccc1. The fourth-order valence-electron chi connectivity index (χ4n) is 1.65. The molecule has 5 heteroatoms. The van der Waals surface area contributed by atoms with Gasteiger partial charge in [0, 0.05) is 6.54 Å². The highest BCUT2D eigenvalue weighted by Gasteiger charge is 2.10. The summed E-state index contributed by atoms with van der Waals surface area (Å²) >= 11 is 0. The summed E-state index contributed by atoms with van der Waals surface area (Å²) in [7, 11) is -3.32. The minimum absolute atomic E-state index is 0.0608. The number of hydrogen-bond donors (Lipinski definition) is 1. The van der Waals surface area contributed by atoms with Crippen LogP contribution in [0.15, 0.2) is 60.7 Å². The summed E-state index contributed by atoms with van der Waals surface area (Å²) in [4.78, 5) is 0. The molecule has 0 unspecified atom stereocenters. The van der Waals surface area contributed by atoms with Gasteiger partial charge in [-0.25, -0.2) is 13.1 Å². The minimum Gasteiger partial charge on any atom is -0.492 e. The van der Waals surface area contributed by atoms with Gasteiger partial charge in [0.05, 0.1) is 5.75 Å². The zero-order valence-electron chi connectivity index (χ0n) is 11.0. The lowest BCUT2D eigenvalue weighted by molar-refractivity contribution is 0.340. The maximum Gasteiger partial charge on any atom is 0.215 e. The first kappa shape index (κ1) is 14.6. The molecule has 4 nitrogen and oxygen atoms in total. The number of nitrogens with one attached hydrogen (secondary N) is 1. The van der Waals surface area contributed by atoms with Crippen molar-refractivity contribution < 1.29 is 13.2 Å². The van der Waals surface area contributed by atoms with Crippen LogP contribution >= 0.6 is 0 Å². The second-order valence-electron chi connectivity index (χ2n) is 4.29. The molecule has 0 aliphatic rings. The topological polar surface area (TPSA) is 55.4 Å². The van der Waals surface area contributed by atoms with E-state index in [1.807, 2.05) is 48.5 Å². The van der Waals surface area contributed by atoms with Crippen LogP contribution in [0.5, 0.6) is 5.75 Å². The Morgan fingerprint density at radius 2 is 1.50 bits per heavy atom. The van der Waals surface area contributed by atoms with E-state index in [9.17, 15) is 8.42 Å². The molecule has 0 saturated heterocycles. The predicted molar refractivity (Wildman–Crippen MR) is 79.0 cm³/mol. The van der Waals surface area contributed by atoms with Crippen LogP contribution in [-0.4, -0.2) is 20.8 Å². The predicted octanol–water partition coefficient (Wildman–Crippen LogP) is 2.19. The van der Waals surface area contributed by atoms with Gasteiger partial charge >= 0.3 is 0 Å². The van der Waals surface area contributed by atoms with Gasteiger partial charge in [0.2, 0.25) is 10.0 Å². The Morgan fingerprint density at radius 3 is 2.15 bits per heavy atom. The van der Waals surface area contributed by atoms with Gasteiger partial charge in [-0.3, -0.25) is 0 Å². The zero-order chi connectivity index (χ0) is 14.3. The van der Waals surface area contributed by atoms with Gasteiger partial charge in [-0.1, -0.05) is 48.5 Å². The van der Waals surface area contributed by atoms with E-state index < -0.39 is 10.0 Å². The fraction of sp³-hybridized carbons (Fsp3) is 0.200. The third-order valence-corrected chi connectivity index (χ3v) is 3.99. The Morgan fingerprint density at radius 1 is 0.900 bits per heavy atom. The van der Waals surface area contributed by atoms with Crippen LogP contribution in [-0.2, 0) is 16.6 Å². The number of sulfonamides is 1. The lowest BCUT2D eigenvalue weighted by Crippen LogP contribution is -2.28. The Balaban J connectivity index is 1.77. The first-order valence-electron chi connectivity index (χ1n) is 6.35. The number of rotatable bonds is 7. The van der Waals surface area contributed by atoms with Crippen molar-refractivity contribution in [1.82, 2.24) is 4.72 Å². The molecule has 0 bridgehead atoms. The molecule has 0 amide bonds. The van der Waals surface area contributed by atoms with Gasteiger partial charge in [-0.2, -0.15) is 0 Å². The summed E-state index contributed by atoms with van der Waals surface area (Å²) in [5.41, 5.74) is 0.931. The fourth-order valence-corrected chi connectivity index (χ4v) is 2.48. The third kappa shape index (κ3) is 5.03. The van der Waals surface area contributed by atoms with E-state index in [1.165, 1.54) is 0 Å². The van der Waals surface area contributed by atoms with Crippen molar-refractivity contribution in [3.63, 3.8) is 0 Å². The van der Waals surface area contributed by atoms with Crippen LogP contribution in [0.2, 0.25) is 0 Å². The Kier molecular flexibility index (Phi) is 5.15. The first-order valence-corrected chi connectivity index (χ1v) is 8.00. The minimum atomic E-state index is -3.32. The highest BCUT2D eigenvalue weighted by Crippen LogP contribution is 2.08. The van der Waals surface area contributed by atoms with Crippen LogP contribution in [0.3, 0.4) is 0 Å². The molecule has 2 rings (SSSR count). The van der Waals surface area contributed by atoms with E-state index >= 15 is 0 Å². The van der Waals surface area contributed by atoms with Crippen molar-refractivity contribution in [3.05, 3.63) is 66.2 Å². The number of benzene rings is 2. The maximum absolute atomic E-state index is 11.8. The van der Waals surface area contributed by atoms with Gasteiger partial charge in [0.25, 0.3) is 0 Å². The van der Waals surface area contributed by atoms with Crippen molar-refractivity contribution in [1.29, 1.82) is 0 Å². The molecule has 20 heavy (non-hydrogen) atoms. The summed E-state index contributed by atoms with van der Waals surface area (Å²) in [6, 6.07) is 18.6. The Labute approximate surface area is 119 Å². The standard InChI is InChI=1S/C15H17NO3S/c17-20(18,16-13-14-7-3-1-4-8-14)12-11-19-15-9-5-2-6-10-15/h1-10,16H,11-13H2. The third-order valence-electron chi connectivity index (χ3n) is 2.70. The van der Waals surface area contributed by atoms with E-state index in [0.29, 0.717) is 12.3 Å². The first-order chi connectivity index (χ1) is 9.66. The largest absolute Gasteiger partial charge is 0.492 e. The lowest BCUT2D eigenvalue weighted by atomic mass is 10.2. The van der Waals surface area contributed by atoms with Crippen LogP contribution in [0, 0.1) is 0 Å². The van der Waals surface area contributed by atoms with E-state index in [0.717, 1.165) is 5.56 Å². The lowest BCUT2D eigenvalue weighted by Gasteiger charge is -2.08.